The van der Waals surface area contributed by atoms with E-state index in [0.29, 0.717) is 43.2 Å². The first-order chi connectivity index (χ1) is 23.0. The normalized spacial score (nSPS) is 22.2. The molecule has 11 nitrogen and oxygen atoms in total. The molecule has 0 bridgehead atoms. The molecular weight excluding hydrogens is 612 g/mol. The first-order valence-electron chi connectivity index (χ1n) is 17.5. The molecule has 4 rings (SSSR count). The van der Waals surface area contributed by atoms with Gasteiger partial charge in [0, 0.05) is 43.9 Å². The van der Waals surface area contributed by atoms with Crippen LogP contribution in [0.25, 0.3) is 0 Å². The third-order valence-electron chi connectivity index (χ3n) is 9.39. The lowest BCUT2D eigenvalue weighted by Gasteiger charge is -2.36. The van der Waals surface area contributed by atoms with Gasteiger partial charge < -0.3 is 35.2 Å². The number of carboxylic acid groups (broad SMARTS) is 1. The molecule has 1 heterocycles. The van der Waals surface area contributed by atoms with Gasteiger partial charge in [-0.15, -0.1) is 0 Å². The number of likely N-dealkylation sites (N-methyl/N-ethyl adjacent to an activating group) is 1. The molecule has 2 aromatic carbocycles. The fourth-order valence-electron chi connectivity index (χ4n) is 6.50. The van der Waals surface area contributed by atoms with E-state index in [2.05, 4.69) is 22.5 Å². The zero-order chi connectivity index (χ0) is 34.6. The van der Waals surface area contributed by atoms with Gasteiger partial charge in [-0.3, -0.25) is 9.69 Å². The number of hydrogen-bond donors (Lipinski definition) is 4. The zero-order valence-corrected chi connectivity index (χ0v) is 29.0. The SMILES string of the molecule is C[C@@H]1CN([C@@H](C)CO)C(=O)c2cc(NC(=O)NC3CCCCC3)ccc2O[C@@H](C)CCCCO[C@@H]1CN(C)Cc1ccc(C(=O)O)cc1. The molecule has 11 heteroatoms. The quantitative estimate of drug-likeness (QED) is 0.265. The smallest absolute Gasteiger partial charge is 0.335 e. The first kappa shape index (κ1) is 37.2. The van der Waals surface area contributed by atoms with Crippen LogP contribution in [0.3, 0.4) is 0 Å². The third kappa shape index (κ3) is 10.9. The summed E-state index contributed by atoms with van der Waals surface area (Å²) in [6.45, 7) is 7.75. The van der Waals surface area contributed by atoms with Crippen LogP contribution in [0.15, 0.2) is 42.5 Å². The lowest BCUT2D eigenvalue weighted by atomic mass is 9.96. The Bertz CT molecular complexity index is 1350. The minimum atomic E-state index is -0.954. The Hall–Kier alpha value is -3.67. The predicted molar refractivity (Wildman–Crippen MR) is 186 cm³/mol. The molecule has 1 saturated carbocycles. The number of carbonyl (C=O) groups excluding carboxylic acids is 2. The van der Waals surface area contributed by atoms with E-state index in [4.69, 9.17) is 9.47 Å². The minimum Gasteiger partial charge on any atom is -0.490 e. The highest BCUT2D eigenvalue weighted by Gasteiger charge is 2.30. The Labute approximate surface area is 285 Å². The highest BCUT2D eigenvalue weighted by Crippen LogP contribution is 2.29. The van der Waals surface area contributed by atoms with Crippen molar-refractivity contribution in [1.29, 1.82) is 0 Å². The number of carbonyl (C=O) groups is 3. The first-order valence-corrected chi connectivity index (χ1v) is 17.5. The Morgan fingerprint density at radius 2 is 1.73 bits per heavy atom. The number of carboxylic acids is 1. The Morgan fingerprint density at radius 3 is 2.42 bits per heavy atom. The number of amides is 3. The van der Waals surface area contributed by atoms with Crippen LogP contribution in [0.5, 0.6) is 5.75 Å². The van der Waals surface area contributed by atoms with Crippen LogP contribution in [-0.4, -0.2) is 95.6 Å². The van der Waals surface area contributed by atoms with E-state index in [1.165, 1.54) is 6.42 Å². The van der Waals surface area contributed by atoms with E-state index in [1.54, 1.807) is 35.2 Å². The number of aliphatic hydroxyl groups is 1. The van der Waals surface area contributed by atoms with Gasteiger partial charge in [-0.25, -0.2) is 9.59 Å². The second kappa shape index (κ2) is 18.2. The number of ether oxygens (including phenoxy) is 2. The maximum absolute atomic E-state index is 14.4. The Balaban J connectivity index is 1.55. The van der Waals surface area contributed by atoms with Crippen molar-refractivity contribution in [3.05, 3.63) is 59.2 Å². The molecule has 4 N–H and O–H groups in total. The number of fused-ring (bicyclic) bond motifs is 1. The summed E-state index contributed by atoms with van der Waals surface area (Å²) in [6.07, 6.45) is 7.52. The molecule has 3 amide bonds. The number of nitrogens with one attached hydrogen (secondary N) is 2. The summed E-state index contributed by atoms with van der Waals surface area (Å²) in [7, 11) is 2.00. The van der Waals surface area contributed by atoms with Crippen LogP contribution in [-0.2, 0) is 11.3 Å². The maximum Gasteiger partial charge on any atom is 0.335 e. The minimum absolute atomic E-state index is 0.0893. The molecule has 48 heavy (non-hydrogen) atoms. The average Bonchev–Trinajstić information content (AvgIpc) is 3.06. The molecule has 0 unspecified atom stereocenters. The molecule has 0 radical (unpaired) electrons. The topological polar surface area (TPSA) is 141 Å². The van der Waals surface area contributed by atoms with Gasteiger partial charge in [-0.05, 0) is 88.9 Å². The standard InChI is InChI=1S/C37H54N4O7/c1-25-21-41(26(2)24-42)35(43)32-20-31(39-37(46)38-30-11-6-5-7-12-30)17-18-33(32)48-27(3)10-8-9-19-47-34(25)23-40(4)22-28-13-15-29(16-14-28)36(44)45/h13-18,20,25-27,30,34,42H,5-12,19,21-24H2,1-4H3,(H,44,45)(H2,38,39,46)/t25-,26+,27+,34-/m1/s1. The molecule has 0 spiro atoms. The maximum atomic E-state index is 14.4. The summed E-state index contributed by atoms with van der Waals surface area (Å²) in [5.74, 6) is -0.880. The number of anilines is 1. The molecule has 1 fully saturated rings. The predicted octanol–water partition coefficient (Wildman–Crippen LogP) is 5.77. The average molecular weight is 667 g/mol. The van der Waals surface area contributed by atoms with E-state index in [0.717, 1.165) is 50.5 Å². The van der Waals surface area contributed by atoms with E-state index in [1.807, 2.05) is 33.0 Å². The van der Waals surface area contributed by atoms with Gasteiger partial charge in [0.15, 0.2) is 0 Å². The highest BCUT2D eigenvalue weighted by molar-refractivity contribution is 5.99. The summed E-state index contributed by atoms with van der Waals surface area (Å²) in [4.78, 5) is 42.3. The number of hydrogen-bond acceptors (Lipinski definition) is 7. The summed E-state index contributed by atoms with van der Waals surface area (Å²) in [5, 5.41) is 25.5. The molecule has 2 aliphatic rings. The van der Waals surface area contributed by atoms with Gasteiger partial charge in [0.25, 0.3) is 5.91 Å². The number of aromatic carboxylic acids is 1. The number of nitrogens with zero attached hydrogens (tertiary/aromatic N) is 2. The van der Waals surface area contributed by atoms with Crippen molar-refractivity contribution < 1.29 is 34.1 Å². The van der Waals surface area contributed by atoms with E-state index < -0.39 is 12.0 Å². The lowest BCUT2D eigenvalue weighted by Crippen LogP contribution is -2.47. The lowest BCUT2D eigenvalue weighted by molar-refractivity contribution is -0.0177. The summed E-state index contributed by atoms with van der Waals surface area (Å²) in [6, 6.07) is 11.4. The van der Waals surface area contributed by atoms with Gasteiger partial charge in [-0.1, -0.05) is 38.3 Å². The van der Waals surface area contributed by atoms with Crippen molar-refractivity contribution >= 4 is 23.6 Å². The van der Waals surface area contributed by atoms with Gasteiger partial charge in [0.2, 0.25) is 0 Å². The van der Waals surface area contributed by atoms with Crippen LogP contribution in [0.1, 0.15) is 98.4 Å². The van der Waals surface area contributed by atoms with Crippen molar-refractivity contribution in [3.8, 4) is 5.75 Å². The second-order valence-corrected chi connectivity index (χ2v) is 13.6. The van der Waals surface area contributed by atoms with Crippen LogP contribution in [0.2, 0.25) is 0 Å². The zero-order valence-electron chi connectivity index (χ0n) is 29.0. The molecule has 1 aliphatic heterocycles. The number of aliphatic hydroxyl groups excluding tert-OH is 1. The molecule has 0 saturated heterocycles. The monoisotopic (exact) mass is 666 g/mol. The van der Waals surface area contributed by atoms with Crippen LogP contribution in [0, 0.1) is 5.92 Å². The Morgan fingerprint density at radius 1 is 1.02 bits per heavy atom. The highest BCUT2D eigenvalue weighted by atomic mass is 16.5. The summed E-state index contributed by atoms with van der Waals surface area (Å²) >= 11 is 0. The van der Waals surface area contributed by atoms with Crippen molar-refractivity contribution in [1.82, 2.24) is 15.1 Å². The van der Waals surface area contributed by atoms with Crippen molar-refractivity contribution in [3.63, 3.8) is 0 Å². The Kier molecular flexibility index (Phi) is 14.1. The number of benzene rings is 2. The van der Waals surface area contributed by atoms with Crippen molar-refractivity contribution in [2.75, 3.05) is 38.7 Å². The van der Waals surface area contributed by atoms with Gasteiger partial charge in [0.05, 0.1) is 36.0 Å². The van der Waals surface area contributed by atoms with Crippen LogP contribution in [0.4, 0.5) is 10.5 Å². The van der Waals surface area contributed by atoms with Crippen molar-refractivity contribution in [2.24, 2.45) is 5.92 Å². The molecule has 4 atom stereocenters. The number of rotatable bonds is 9. The largest absolute Gasteiger partial charge is 0.490 e. The number of urea groups is 1. The van der Waals surface area contributed by atoms with Gasteiger partial charge in [0.1, 0.15) is 5.75 Å². The van der Waals surface area contributed by atoms with E-state index in [-0.39, 0.29) is 48.3 Å². The molecular formula is C37H54N4O7. The van der Waals surface area contributed by atoms with Crippen LogP contribution < -0.4 is 15.4 Å². The van der Waals surface area contributed by atoms with Crippen molar-refractivity contribution in [2.45, 2.75) is 103 Å². The van der Waals surface area contributed by atoms with Gasteiger partial charge >= 0.3 is 12.0 Å². The molecule has 0 aromatic heterocycles. The molecule has 2 aromatic rings. The van der Waals surface area contributed by atoms with Crippen LogP contribution >= 0.6 is 0 Å². The third-order valence-corrected chi connectivity index (χ3v) is 9.39. The fraction of sp³-hybridized carbons (Fsp3) is 0.595. The fourth-order valence-corrected chi connectivity index (χ4v) is 6.50. The van der Waals surface area contributed by atoms with E-state index in [9.17, 15) is 24.6 Å². The van der Waals surface area contributed by atoms with E-state index >= 15 is 0 Å². The van der Waals surface area contributed by atoms with Gasteiger partial charge in [-0.2, -0.15) is 0 Å². The molecule has 1 aliphatic carbocycles. The summed E-state index contributed by atoms with van der Waals surface area (Å²) < 4.78 is 12.8. The molecule has 264 valence electrons. The second-order valence-electron chi connectivity index (χ2n) is 13.6. The summed E-state index contributed by atoms with van der Waals surface area (Å²) in [5.41, 5.74) is 2.07.